The summed E-state index contributed by atoms with van der Waals surface area (Å²) in [4.78, 5) is 24.5. The van der Waals surface area contributed by atoms with E-state index in [2.05, 4.69) is 20.3 Å². The Bertz CT molecular complexity index is 1030. The molecule has 1 N–H and O–H groups in total. The predicted molar refractivity (Wildman–Crippen MR) is 88.9 cm³/mol. The lowest BCUT2D eigenvalue weighted by atomic mass is 10.2. The van der Waals surface area contributed by atoms with Crippen LogP contribution in [-0.4, -0.2) is 15.0 Å². The summed E-state index contributed by atoms with van der Waals surface area (Å²) in [7, 11) is 0. The first-order chi connectivity index (χ1) is 11.3. The molecule has 112 valence electrons. The summed E-state index contributed by atoms with van der Waals surface area (Å²) in [5.74, 6) is 0.386. The van der Waals surface area contributed by atoms with Crippen molar-refractivity contribution in [2.45, 2.75) is 0 Å². The quantitative estimate of drug-likeness (QED) is 0.622. The highest BCUT2D eigenvalue weighted by molar-refractivity contribution is 7.14. The van der Waals surface area contributed by atoms with E-state index in [1.807, 2.05) is 35.7 Å². The van der Waals surface area contributed by atoms with Crippen LogP contribution in [0, 0.1) is 0 Å². The van der Waals surface area contributed by atoms with E-state index in [1.54, 1.807) is 6.07 Å². The van der Waals surface area contributed by atoms with Crippen LogP contribution < -0.4 is 10.9 Å². The van der Waals surface area contributed by atoms with Gasteiger partial charge in [-0.2, -0.15) is 0 Å². The minimum absolute atomic E-state index is 0.349. The third kappa shape index (κ3) is 2.69. The number of hydrogen-bond acceptors (Lipinski definition) is 7. The van der Waals surface area contributed by atoms with Crippen molar-refractivity contribution in [1.29, 1.82) is 0 Å². The van der Waals surface area contributed by atoms with Gasteiger partial charge in [0, 0.05) is 23.2 Å². The number of rotatable bonds is 3. The first kappa shape index (κ1) is 13.6. The van der Waals surface area contributed by atoms with E-state index in [1.165, 1.54) is 23.8 Å². The van der Waals surface area contributed by atoms with Crippen LogP contribution in [0.3, 0.4) is 0 Å². The molecule has 1 aromatic carbocycles. The topological polar surface area (TPSA) is 80.9 Å². The van der Waals surface area contributed by atoms with Gasteiger partial charge in [0.15, 0.2) is 5.13 Å². The van der Waals surface area contributed by atoms with Crippen LogP contribution in [0.25, 0.3) is 22.2 Å². The first-order valence-electron chi connectivity index (χ1n) is 6.82. The Morgan fingerprint density at radius 3 is 2.83 bits per heavy atom. The SMILES string of the molecule is O=c1occc2nc(Nc3nc(-c4ccccc4)cs3)ncc12. The van der Waals surface area contributed by atoms with Crippen molar-refractivity contribution in [2.24, 2.45) is 0 Å². The van der Waals surface area contributed by atoms with Gasteiger partial charge in [-0.1, -0.05) is 30.3 Å². The van der Waals surface area contributed by atoms with Crippen molar-refractivity contribution in [3.8, 4) is 11.3 Å². The van der Waals surface area contributed by atoms with Crippen LogP contribution in [0.2, 0.25) is 0 Å². The van der Waals surface area contributed by atoms with Gasteiger partial charge in [-0.25, -0.2) is 19.7 Å². The van der Waals surface area contributed by atoms with Gasteiger partial charge in [-0.05, 0) is 0 Å². The molecule has 7 heteroatoms. The Kier molecular flexibility index (Phi) is 3.32. The third-order valence-electron chi connectivity index (χ3n) is 3.23. The lowest BCUT2D eigenvalue weighted by Crippen LogP contribution is -2.03. The normalized spacial score (nSPS) is 10.8. The van der Waals surface area contributed by atoms with Crippen LogP contribution in [0.4, 0.5) is 11.1 Å². The fraction of sp³-hybridized carbons (Fsp3) is 0. The summed E-state index contributed by atoms with van der Waals surface area (Å²) in [6.45, 7) is 0. The minimum Gasteiger partial charge on any atom is -0.431 e. The zero-order valence-corrected chi connectivity index (χ0v) is 12.6. The number of hydrogen-bond donors (Lipinski definition) is 1. The maximum absolute atomic E-state index is 11.5. The molecule has 0 spiro atoms. The highest BCUT2D eigenvalue weighted by atomic mass is 32.1. The molecule has 0 unspecified atom stereocenters. The second-order valence-corrected chi connectivity index (χ2v) is 5.59. The van der Waals surface area contributed by atoms with Gasteiger partial charge < -0.3 is 9.73 Å². The Morgan fingerprint density at radius 1 is 1.09 bits per heavy atom. The lowest BCUT2D eigenvalue weighted by Gasteiger charge is -2.01. The number of anilines is 2. The molecule has 0 saturated carbocycles. The molecule has 23 heavy (non-hydrogen) atoms. The Morgan fingerprint density at radius 2 is 1.96 bits per heavy atom. The van der Waals surface area contributed by atoms with Crippen LogP contribution >= 0.6 is 11.3 Å². The van der Waals surface area contributed by atoms with Gasteiger partial charge in [0.2, 0.25) is 5.95 Å². The number of nitrogens with one attached hydrogen (secondary N) is 1. The van der Waals surface area contributed by atoms with Crippen LogP contribution in [0.1, 0.15) is 0 Å². The molecule has 0 fully saturated rings. The molecule has 0 bridgehead atoms. The molecular weight excluding hydrogens is 312 g/mol. The fourth-order valence-corrected chi connectivity index (χ4v) is 2.84. The Labute approximate surface area is 134 Å². The summed E-state index contributed by atoms with van der Waals surface area (Å²) < 4.78 is 4.78. The molecule has 4 rings (SSSR count). The average Bonchev–Trinajstić information content (AvgIpc) is 3.04. The van der Waals surface area contributed by atoms with Crippen LogP contribution in [0.15, 0.2) is 63.4 Å². The molecule has 4 aromatic rings. The van der Waals surface area contributed by atoms with Crippen LogP contribution in [0.5, 0.6) is 0 Å². The van der Waals surface area contributed by atoms with Gasteiger partial charge in [-0.15, -0.1) is 11.3 Å². The highest BCUT2D eigenvalue weighted by Crippen LogP contribution is 2.26. The number of aromatic nitrogens is 3. The average molecular weight is 322 g/mol. The van der Waals surface area contributed by atoms with E-state index >= 15 is 0 Å². The molecule has 3 heterocycles. The molecular formula is C16H10N4O2S. The third-order valence-corrected chi connectivity index (χ3v) is 3.99. The van der Waals surface area contributed by atoms with Crippen molar-refractivity contribution in [3.05, 3.63) is 64.7 Å². The molecule has 0 radical (unpaired) electrons. The van der Waals surface area contributed by atoms with E-state index < -0.39 is 5.63 Å². The number of benzene rings is 1. The second-order valence-electron chi connectivity index (χ2n) is 4.73. The van der Waals surface area contributed by atoms with Crippen molar-refractivity contribution in [3.63, 3.8) is 0 Å². The maximum atomic E-state index is 11.5. The summed E-state index contributed by atoms with van der Waals surface area (Å²) in [5, 5.41) is 6.06. The van der Waals surface area contributed by atoms with Gasteiger partial charge in [0.05, 0.1) is 17.5 Å². The fourth-order valence-electron chi connectivity index (χ4n) is 2.13. The van der Waals surface area contributed by atoms with Gasteiger partial charge in [-0.3, -0.25) is 0 Å². The summed E-state index contributed by atoms with van der Waals surface area (Å²) in [5.41, 5.74) is 2.02. The van der Waals surface area contributed by atoms with E-state index in [-0.39, 0.29) is 0 Å². The zero-order chi connectivity index (χ0) is 15.6. The minimum atomic E-state index is -0.449. The Hall–Kier alpha value is -3.06. The monoisotopic (exact) mass is 322 g/mol. The molecule has 6 nitrogen and oxygen atoms in total. The van der Waals surface area contributed by atoms with E-state index in [9.17, 15) is 4.79 Å². The summed E-state index contributed by atoms with van der Waals surface area (Å²) in [6.07, 6.45) is 2.76. The van der Waals surface area contributed by atoms with Crippen molar-refractivity contribution < 1.29 is 4.42 Å². The molecule has 0 aliphatic carbocycles. The summed E-state index contributed by atoms with van der Waals surface area (Å²) >= 11 is 1.47. The number of thiazole rings is 1. The van der Waals surface area contributed by atoms with Crippen LogP contribution in [-0.2, 0) is 0 Å². The highest BCUT2D eigenvalue weighted by Gasteiger charge is 2.08. The molecule has 0 aliphatic rings. The standard InChI is InChI=1S/C16H10N4O2S/c21-14-11-8-17-15(18-12(11)6-7-22-14)20-16-19-13(9-23-16)10-4-2-1-3-5-10/h1-9H,(H,17,18,19,20). The largest absolute Gasteiger partial charge is 0.431 e. The van der Waals surface area contributed by atoms with Crippen molar-refractivity contribution in [2.75, 3.05) is 5.32 Å². The zero-order valence-electron chi connectivity index (χ0n) is 11.8. The van der Waals surface area contributed by atoms with Crippen molar-refractivity contribution >= 4 is 33.3 Å². The van der Waals surface area contributed by atoms with Crippen molar-refractivity contribution in [1.82, 2.24) is 15.0 Å². The lowest BCUT2D eigenvalue weighted by molar-refractivity contribution is 0.519. The molecule has 0 amide bonds. The van der Waals surface area contributed by atoms with E-state index in [4.69, 9.17) is 4.42 Å². The molecule has 3 aromatic heterocycles. The smallest absolute Gasteiger partial charge is 0.346 e. The second kappa shape index (κ2) is 5.62. The predicted octanol–water partition coefficient (Wildman–Crippen LogP) is 3.45. The van der Waals surface area contributed by atoms with E-state index in [0.29, 0.717) is 22.0 Å². The molecule has 0 aliphatic heterocycles. The molecule has 0 atom stereocenters. The first-order valence-corrected chi connectivity index (χ1v) is 7.70. The maximum Gasteiger partial charge on any atom is 0.346 e. The summed E-state index contributed by atoms with van der Waals surface area (Å²) in [6, 6.07) is 11.5. The van der Waals surface area contributed by atoms with Gasteiger partial charge >= 0.3 is 5.63 Å². The van der Waals surface area contributed by atoms with Gasteiger partial charge in [0.25, 0.3) is 0 Å². The van der Waals surface area contributed by atoms with Gasteiger partial charge in [0.1, 0.15) is 5.39 Å². The van der Waals surface area contributed by atoms with E-state index in [0.717, 1.165) is 11.3 Å². The molecule has 0 saturated heterocycles. The number of fused-ring (bicyclic) bond motifs is 1. The Balaban J connectivity index is 1.64. The number of nitrogens with zero attached hydrogens (tertiary/aromatic N) is 3.